The number of piperidine rings is 1. The van der Waals surface area contributed by atoms with Crippen LogP contribution < -0.4 is 5.32 Å². The molecule has 1 fully saturated rings. The van der Waals surface area contributed by atoms with E-state index in [2.05, 4.69) is 37.2 Å². The fraction of sp³-hybridized carbons (Fsp3) is 0.600. The van der Waals surface area contributed by atoms with Crippen LogP contribution in [0.3, 0.4) is 0 Å². The molecule has 0 aromatic heterocycles. The van der Waals surface area contributed by atoms with E-state index in [1.165, 1.54) is 37.2 Å². The first-order chi connectivity index (χ1) is 8.56. The van der Waals surface area contributed by atoms with Gasteiger partial charge in [0.25, 0.3) is 0 Å². The van der Waals surface area contributed by atoms with Gasteiger partial charge in [0.1, 0.15) is 0 Å². The number of benzene rings is 1. The highest BCUT2D eigenvalue weighted by Crippen LogP contribution is 2.25. The first-order valence-electron chi connectivity index (χ1n) is 6.77. The molecule has 0 radical (unpaired) electrons. The molecule has 1 aliphatic heterocycles. The van der Waals surface area contributed by atoms with Crippen molar-refractivity contribution in [3.63, 3.8) is 0 Å². The highest BCUT2D eigenvalue weighted by molar-refractivity contribution is 6.30. The number of nitrogens with one attached hydrogen (secondary N) is 1. The van der Waals surface area contributed by atoms with Crippen molar-refractivity contribution in [1.29, 1.82) is 0 Å². The SMILES string of the molecule is Cc1ccc(Cl)cc1NC(C)C1CCCN(C)C1. The van der Waals surface area contributed by atoms with Crippen molar-refractivity contribution in [3.05, 3.63) is 28.8 Å². The van der Waals surface area contributed by atoms with Crippen LogP contribution in [0.2, 0.25) is 5.02 Å². The van der Waals surface area contributed by atoms with Gasteiger partial charge in [0.2, 0.25) is 0 Å². The summed E-state index contributed by atoms with van der Waals surface area (Å²) in [5.74, 6) is 0.724. The van der Waals surface area contributed by atoms with Crippen LogP contribution in [0.4, 0.5) is 5.69 Å². The van der Waals surface area contributed by atoms with Gasteiger partial charge in [-0.2, -0.15) is 0 Å². The topological polar surface area (TPSA) is 15.3 Å². The molecule has 1 aromatic rings. The third kappa shape index (κ3) is 3.39. The largest absolute Gasteiger partial charge is 0.382 e. The van der Waals surface area contributed by atoms with Crippen molar-refractivity contribution >= 4 is 17.3 Å². The van der Waals surface area contributed by atoms with Gasteiger partial charge in [0.15, 0.2) is 0 Å². The van der Waals surface area contributed by atoms with Crippen molar-refractivity contribution < 1.29 is 0 Å². The maximum absolute atomic E-state index is 6.06. The Morgan fingerprint density at radius 1 is 1.44 bits per heavy atom. The Kier molecular flexibility index (Phi) is 4.52. The van der Waals surface area contributed by atoms with Gasteiger partial charge in [0, 0.05) is 23.3 Å². The summed E-state index contributed by atoms with van der Waals surface area (Å²) >= 11 is 6.06. The molecule has 3 heteroatoms. The number of hydrogen-bond acceptors (Lipinski definition) is 2. The van der Waals surface area contributed by atoms with E-state index >= 15 is 0 Å². The highest BCUT2D eigenvalue weighted by Gasteiger charge is 2.22. The second-order valence-electron chi connectivity index (χ2n) is 5.56. The third-order valence-corrected chi connectivity index (χ3v) is 4.19. The molecule has 2 unspecified atom stereocenters. The fourth-order valence-electron chi connectivity index (χ4n) is 2.73. The number of aryl methyl sites for hydroxylation is 1. The van der Waals surface area contributed by atoms with Gasteiger partial charge in [-0.3, -0.25) is 0 Å². The van der Waals surface area contributed by atoms with Gasteiger partial charge in [-0.15, -0.1) is 0 Å². The minimum atomic E-state index is 0.491. The Balaban J connectivity index is 2.01. The zero-order chi connectivity index (χ0) is 13.1. The van der Waals surface area contributed by atoms with E-state index in [0.29, 0.717) is 6.04 Å². The summed E-state index contributed by atoms with van der Waals surface area (Å²) in [6.07, 6.45) is 2.62. The highest BCUT2D eigenvalue weighted by atomic mass is 35.5. The number of halogens is 1. The Labute approximate surface area is 115 Å². The number of hydrogen-bond donors (Lipinski definition) is 1. The molecule has 0 saturated carbocycles. The standard InChI is InChI=1S/C15H23ClN2/c1-11-6-7-14(16)9-15(11)17-12(2)13-5-4-8-18(3)10-13/h6-7,9,12-13,17H,4-5,8,10H2,1-3H3. The summed E-state index contributed by atoms with van der Waals surface area (Å²) in [7, 11) is 2.21. The van der Waals surface area contributed by atoms with Crippen LogP contribution in [-0.2, 0) is 0 Å². The lowest BCUT2D eigenvalue weighted by atomic mass is 9.91. The summed E-state index contributed by atoms with van der Waals surface area (Å²) in [6.45, 7) is 6.83. The van der Waals surface area contributed by atoms with Crippen LogP contribution in [0.1, 0.15) is 25.3 Å². The van der Waals surface area contributed by atoms with E-state index in [1.807, 2.05) is 12.1 Å². The van der Waals surface area contributed by atoms with Crippen molar-refractivity contribution in [1.82, 2.24) is 4.90 Å². The summed E-state index contributed by atoms with van der Waals surface area (Å²) in [4.78, 5) is 2.43. The lowest BCUT2D eigenvalue weighted by Gasteiger charge is -2.34. The van der Waals surface area contributed by atoms with Crippen molar-refractivity contribution in [2.75, 3.05) is 25.5 Å². The minimum Gasteiger partial charge on any atom is -0.382 e. The second-order valence-corrected chi connectivity index (χ2v) is 5.99. The summed E-state index contributed by atoms with van der Waals surface area (Å²) in [6, 6.07) is 6.54. The average molecular weight is 267 g/mol. The van der Waals surface area contributed by atoms with Crippen LogP contribution in [-0.4, -0.2) is 31.1 Å². The molecule has 1 saturated heterocycles. The predicted octanol–water partition coefficient (Wildman–Crippen LogP) is 3.79. The van der Waals surface area contributed by atoms with Crippen LogP contribution >= 0.6 is 11.6 Å². The van der Waals surface area contributed by atoms with E-state index in [9.17, 15) is 0 Å². The van der Waals surface area contributed by atoms with Gasteiger partial charge in [-0.05, 0) is 63.9 Å². The first-order valence-corrected chi connectivity index (χ1v) is 7.15. The maximum atomic E-state index is 6.06. The quantitative estimate of drug-likeness (QED) is 0.896. The van der Waals surface area contributed by atoms with Gasteiger partial charge >= 0.3 is 0 Å². The van der Waals surface area contributed by atoms with E-state index in [-0.39, 0.29) is 0 Å². The molecule has 0 aliphatic carbocycles. The molecular formula is C15H23ClN2. The minimum absolute atomic E-state index is 0.491. The third-order valence-electron chi connectivity index (χ3n) is 3.95. The van der Waals surface area contributed by atoms with Gasteiger partial charge in [-0.1, -0.05) is 17.7 Å². The summed E-state index contributed by atoms with van der Waals surface area (Å²) in [5.41, 5.74) is 2.43. The van der Waals surface area contributed by atoms with Gasteiger partial charge in [-0.25, -0.2) is 0 Å². The number of likely N-dealkylation sites (tertiary alicyclic amines) is 1. The predicted molar refractivity (Wildman–Crippen MR) is 79.5 cm³/mol. The van der Waals surface area contributed by atoms with E-state index in [1.54, 1.807) is 0 Å². The van der Waals surface area contributed by atoms with Crippen molar-refractivity contribution in [2.45, 2.75) is 32.7 Å². The van der Waals surface area contributed by atoms with Gasteiger partial charge in [0.05, 0.1) is 0 Å². The molecule has 2 atom stereocenters. The normalized spacial score (nSPS) is 22.8. The molecule has 2 rings (SSSR count). The van der Waals surface area contributed by atoms with E-state index in [0.717, 1.165) is 10.9 Å². The molecule has 18 heavy (non-hydrogen) atoms. The van der Waals surface area contributed by atoms with Crippen molar-refractivity contribution in [3.8, 4) is 0 Å². The molecule has 0 spiro atoms. The zero-order valence-corrected chi connectivity index (χ0v) is 12.3. The Morgan fingerprint density at radius 2 is 2.22 bits per heavy atom. The molecule has 1 aromatic carbocycles. The van der Waals surface area contributed by atoms with Crippen LogP contribution in [0, 0.1) is 12.8 Å². The molecule has 0 bridgehead atoms. The zero-order valence-electron chi connectivity index (χ0n) is 11.5. The number of rotatable bonds is 3. The van der Waals surface area contributed by atoms with Crippen LogP contribution in [0.5, 0.6) is 0 Å². The molecule has 1 N–H and O–H groups in total. The Hall–Kier alpha value is -0.730. The lowest BCUT2D eigenvalue weighted by molar-refractivity contribution is 0.197. The van der Waals surface area contributed by atoms with Gasteiger partial charge < -0.3 is 10.2 Å². The van der Waals surface area contributed by atoms with Crippen LogP contribution in [0.25, 0.3) is 0 Å². The molecule has 100 valence electrons. The first kappa shape index (κ1) is 13.7. The monoisotopic (exact) mass is 266 g/mol. The molecule has 1 heterocycles. The van der Waals surface area contributed by atoms with E-state index < -0.39 is 0 Å². The Bertz CT molecular complexity index is 405. The lowest BCUT2D eigenvalue weighted by Crippen LogP contribution is -2.39. The van der Waals surface area contributed by atoms with E-state index in [4.69, 9.17) is 11.6 Å². The summed E-state index contributed by atoms with van der Waals surface area (Å²) < 4.78 is 0. The summed E-state index contributed by atoms with van der Waals surface area (Å²) in [5, 5.41) is 4.43. The fourth-order valence-corrected chi connectivity index (χ4v) is 2.90. The second kappa shape index (κ2) is 5.94. The maximum Gasteiger partial charge on any atom is 0.0426 e. The molecule has 0 amide bonds. The van der Waals surface area contributed by atoms with Crippen LogP contribution in [0.15, 0.2) is 18.2 Å². The molecule has 2 nitrogen and oxygen atoms in total. The average Bonchev–Trinajstić information content (AvgIpc) is 2.34. The Morgan fingerprint density at radius 3 is 2.94 bits per heavy atom. The van der Waals surface area contributed by atoms with Crippen molar-refractivity contribution in [2.24, 2.45) is 5.92 Å². The molecule has 1 aliphatic rings. The number of anilines is 1. The smallest absolute Gasteiger partial charge is 0.0426 e. The molecular weight excluding hydrogens is 244 g/mol. The number of nitrogens with zero attached hydrogens (tertiary/aromatic N) is 1.